The smallest absolute Gasteiger partial charge is 0.123 e. The number of piperazine rings is 1. The van der Waals surface area contributed by atoms with Gasteiger partial charge in [-0.05, 0) is 61.3 Å². The highest BCUT2D eigenvalue weighted by Crippen LogP contribution is 2.27. The number of hydrogen-bond acceptors (Lipinski definition) is 4. The maximum absolute atomic E-state index is 6.22. The van der Waals surface area contributed by atoms with E-state index in [1.54, 1.807) is 0 Å². The molecule has 32 heavy (non-hydrogen) atoms. The summed E-state index contributed by atoms with van der Waals surface area (Å²) in [5, 5.41) is 0. The van der Waals surface area contributed by atoms with E-state index in [2.05, 4.69) is 65.4 Å². The van der Waals surface area contributed by atoms with Crippen molar-refractivity contribution >= 4 is 0 Å². The molecule has 4 heteroatoms. The Hall–Kier alpha value is -2.82. The van der Waals surface area contributed by atoms with Crippen LogP contribution in [-0.2, 0) is 19.6 Å². The van der Waals surface area contributed by atoms with Crippen molar-refractivity contribution in [2.75, 3.05) is 39.8 Å². The molecule has 3 aromatic carbocycles. The molecular formula is C28H34N2O2. The first-order valence-electron chi connectivity index (χ1n) is 11.6. The van der Waals surface area contributed by atoms with Crippen molar-refractivity contribution in [2.45, 2.75) is 26.1 Å². The number of ether oxygens (including phenoxy) is 2. The lowest BCUT2D eigenvalue weighted by atomic mass is 10.1. The topological polar surface area (TPSA) is 24.9 Å². The molecule has 0 radical (unpaired) electrons. The molecule has 1 saturated heterocycles. The highest BCUT2D eigenvalue weighted by molar-refractivity contribution is 5.41. The molecule has 0 bridgehead atoms. The zero-order valence-electron chi connectivity index (χ0n) is 19.1. The van der Waals surface area contributed by atoms with E-state index in [-0.39, 0.29) is 0 Å². The van der Waals surface area contributed by atoms with Gasteiger partial charge in [0.05, 0.1) is 0 Å². The summed E-state index contributed by atoms with van der Waals surface area (Å²) < 4.78 is 12.3. The Morgan fingerprint density at radius 2 is 1.34 bits per heavy atom. The monoisotopic (exact) mass is 430 g/mol. The van der Waals surface area contributed by atoms with Crippen LogP contribution in [0.15, 0.2) is 78.9 Å². The average molecular weight is 431 g/mol. The van der Waals surface area contributed by atoms with Crippen LogP contribution in [0.2, 0.25) is 0 Å². The lowest BCUT2D eigenvalue weighted by molar-refractivity contribution is 0.153. The quantitative estimate of drug-likeness (QED) is 0.451. The van der Waals surface area contributed by atoms with Crippen LogP contribution in [0.3, 0.4) is 0 Å². The van der Waals surface area contributed by atoms with Gasteiger partial charge in [0.15, 0.2) is 0 Å². The van der Waals surface area contributed by atoms with Gasteiger partial charge in [0.25, 0.3) is 0 Å². The van der Waals surface area contributed by atoms with Gasteiger partial charge in [-0.1, -0.05) is 60.7 Å². The number of benzene rings is 3. The Labute approximate surface area is 192 Å². The number of nitrogens with zero attached hydrogens (tertiary/aromatic N) is 2. The summed E-state index contributed by atoms with van der Waals surface area (Å²) in [4.78, 5) is 4.97. The third kappa shape index (κ3) is 6.84. The van der Waals surface area contributed by atoms with E-state index in [4.69, 9.17) is 9.47 Å². The van der Waals surface area contributed by atoms with Crippen molar-refractivity contribution in [1.29, 1.82) is 0 Å². The lowest BCUT2D eigenvalue weighted by Crippen LogP contribution is -2.44. The molecule has 4 nitrogen and oxygen atoms in total. The second-order valence-electron chi connectivity index (χ2n) is 8.57. The van der Waals surface area contributed by atoms with Gasteiger partial charge in [-0.3, -0.25) is 0 Å². The fourth-order valence-electron chi connectivity index (χ4n) is 4.02. The molecule has 0 amide bonds. The molecule has 0 spiro atoms. The molecule has 1 fully saturated rings. The van der Waals surface area contributed by atoms with Crippen LogP contribution in [0, 0.1) is 0 Å². The van der Waals surface area contributed by atoms with Gasteiger partial charge in [-0.15, -0.1) is 0 Å². The maximum atomic E-state index is 6.22. The SMILES string of the molecule is CN1CCN(CCCc2cc(OCc3ccccc3)ccc2OCc2ccccc2)CC1. The number of aryl methyl sites for hydroxylation is 1. The van der Waals surface area contributed by atoms with Crippen LogP contribution in [0.25, 0.3) is 0 Å². The van der Waals surface area contributed by atoms with Crippen molar-refractivity contribution in [3.63, 3.8) is 0 Å². The normalized spacial score (nSPS) is 14.9. The van der Waals surface area contributed by atoms with Crippen LogP contribution >= 0.6 is 0 Å². The molecule has 0 aliphatic carbocycles. The van der Waals surface area contributed by atoms with E-state index >= 15 is 0 Å². The third-order valence-electron chi connectivity index (χ3n) is 6.03. The van der Waals surface area contributed by atoms with Crippen LogP contribution in [-0.4, -0.2) is 49.6 Å². The standard InChI is InChI=1S/C28H34N2O2/c1-29-17-19-30(20-18-29)16-8-13-26-21-27(31-22-24-9-4-2-5-10-24)14-15-28(26)32-23-25-11-6-3-7-12-25/h2-7,9-12,14-15,21H,8,13,16-20,22-23H2,1H3. The first-order valence-corrected chi connectivity index (χ1v) is 11.6. The fraction of sp³-hybridized carbons (Fsp3) is 0.357. The van der Waals surface area contributed by atoms with Gasteiger partial charge in [0.2, 0.25) is 0 Å². The molecule has 0 aromatic heterocycles. The van der Waals surface area contributed by atoms with Gasteiger partial charge in [0.1, 0.15) is 24.7 Å². The molecule has 0 N–H and O–H groups in total. The summed E-state index contributed by atoms with van der Waals surface area (Å²) in [6, 6.07) is 26.9. The van der Waals surface area contributed by atoms with Crippen LogP contribution < -0.4 is 9.47 Å². The minimum atomic E-state index is 0.575. The highest BCUT2D eigenvalue weighted by Gasteiger charge is 2.14. The number of hydrogen-bond donors (Lipinski definition) is 0. The molecule has 0 saturated carbocycles. The van der Waals surface area contributed by atoms with Crippen molar-refractivity contribution < 1.29 is 9.47 Å². The molecule has 168 valence electrons. The molecule has 4 rings (SSSR count). The van der Waals surface area contributed by atoms with Crippen molar-refractivity contribution in [3.05, 3.63) is 95.6 Å². The van der Waals surface area contributed by atoms with E-state index in [0.29, 0.717) is 13.2 Å². The predicted molar refractivity (Wildman–Crippen MR) is 130 cm³/mol. The molecule has 0 unspecified atom stereocenters. The number of rotatable bonds is 10. The molecule has 0 atom stereocenters. The maximum Gasteiger partial charge on any atom is 0.123 e. The van der Waals surface area contributed by atoms with Crippen molar-refractivity contribution in [3.8, 4) is 11.5 Å². The summed E-state index contributed by atoms with van der Waals surface area (Å²) in [6.45, 7) is 6.92. The van der Waals surface area contributed by atoms with Crippen molar-refractivity contribution in [2.24, 2.45) is 0 Å². The van der Waals surface area contributed by atoms with E-state index in [0.717, 1.165) is 57.1 Å². The van der Waals surface area contributed by atoms with Crippen LogP contribution in [0.5, 0.6) is 11.5 Å². The minimum absolute atomic E-state index is 0.575. The van der Waals surface area contributed by atoms with Gasteiger partial charge >= 0.3 is 0 Å². The van der Waals surface area contributed by atoms with Gasteiger partial charge in [-0.25, -0.2) is 0 Å². The van der Waals surface area contributed by atoms with E-state index < -0.39 is 0 Å². The second kappa shape index (κ2) is 11.7. The molecule has 1 heterocycles. The average Bonchev–Trinajstić information content (AvgIpc) is 2.84. The largest absolute Gasteiger partial charge is 0.489 e. The summed E-state index contributed by atoms with van der Waals surface area (Å²) in [6.07, 6.45) is 2.10. The predicted octanol–water partition coefficient (Wildman–Crippen LogP) is 5.02. The summed E-state index contributed by atoms with van der Waals surface area (Å²) in [5.41, 5.74) is 3.58. The molecule has 1 aliphatic heterocycles. The fourth-order valence-corrected chi connectivity index (χ4v) is 4.02. The summed E-state index contributed by atoms with van der Waals surface area (Å²) >= 11 is 0. The van der Waals surface area contributed by atoms with Crippen LogP contribution in [0.1, 0.15) is 23.1 Å². The Bertz CT molecular complexity index is 938. The minimum Gasteiger partial charge on any atom is -0.489 e. The summed E-state index contributed by atoms with van der Waals surface area (Å²) in [7, 11) is 2.20. The first-order chi connectivity index (χ1) is 15.8. The molecule has 3 aromatic rings. The Kier molecular flexibility index (Phi) is 8.18. The zero-order chi connectivity index (χ0) is 22.0. The van der Waals surface area contributed by atoms with E-state index in [9.17, 15) is 0 Å². The van der Waals surface area contributed by atoms with E-state index in [1.165, 1.54) is 16.7 Å². The van der Waals surface area contributed by atoms with Gasteiger partial charge in [-0.2, -0.15) is 0 Å². The van der Waals surface area contributed by atoms with Gasteiger partial charge < -0.3 is 19.3 Å². The van der Waals surface area contributed by atoms with Crippen LogP contribution in [0.4, 0.5) is 0 Å². The third-order valence-corrected chi connectivity index (χ3v) is 6.03. The van der Waals surface area contributed by atoms with Crippen molar-refractivity contribution in [1.82, 2.24) is 9.80 Å². The molecule has 1 aliphatic rings. The van der Waals surface area contributed by atoms with Gasteiger partial charge in [0, 0.05) is 26.2 Å². The first kappa shape index (κ1) is 22.4. The van der Waals surface area contributed by atoms with E-state index in [1.807, 2.05) is 30.3 Å². The Morgan fingerprint density at radius 3 is 2.00 bits per heavy atom. The highest BCUT2D eigenvalue weighted by atomic mass is 16.5. The Morgan fingerprint density at radius 1 is 0.719 bits per heavy atom. The molecular weight excluding hydrogens is 396 g/mol. The second-order valence-corrected chi connectivity index (χ2v) is 8.57. The lowest BCUT2D eigenvalue weighted by Gasteiger charge is -2.32. The number of likely N-dealkylation sites (N-methyl/N-ethyl adjacent to an activating group) is 1. The Balaban J connectivity index is 1.39. The zero-order valence-corrected chi connectivity index (χ0v) is 19.1. The summed E-state index contributed by atoms with van der Waals surface area (Å²) in [5.74, 6) is 1.86.